The molecule has 0 aliphatic rings. The molecule has 0 aliphatic heterocycles. The summed E-state index contributed by atoms with van der Waals surface area (Å²) in [6, 6.07) is 14.0. The zero-order valence-corrected chi connectivity index (χ0v) is 15.9. The summed E-state index contributed by atoms with van der Waals surface area (Å²) in [7, 11) is 4.76. The molecule has 2 aromatic carbocycles. The molecule has 3 rings (SSSR count). The third kappa shape index (κ3) is 3.95. The van der Waals surface area contributed by atoms with Gasteiger partial charge >= 0.3 is 0 Å². The number of nitrogens with one attached hydrogen (secondary N) is 1. The summed E-state index contributed by atoms with van der Waals surface area (Å²) in [6.45, 7) is 2.09. The molecule has 140 valence electrons. The van der Waals surface area contributed by atoms with Crippen LogP contribution in [0.1, 0.15) is 18.5 Å². The highest BCUT2D eigenvalue weighted by molar-refractivity contribution is 5.76. The average Bonchev–Trinajstić information content (AvgIpc) is 2.73. The van der Waals surface area contributed by atoms with Crippen LogP contribution in [0, 0.1) is 0 Å². The average molecular weight is 365 g/mol. The largest absolute Gasteiger partial charge is 0.493 e. The Hall–Kier alpha value is -3.28. The standard InChI is InChI=1S/C21H23N3O3/c1-14(15-8-6-5-7-9-15)24-21-19(22-10-11-23-21)16-12-17(25-2)20(27-4)18(13-16)26-3/h5-14H,1-4H3,(H,23,24)/t14-/m1/s1. The van der Waals surface area contributed by atoms with E-state index in [1.165, 1.54) is 5.56 Å². The Balaban J connectivity index is 2.01. The van der Waals surface area contributed by atoms with Crippen LogP contribution in [0.5, 0.6) is 17.2 Å². The van der Waals surface area contributed by atoms with E-state index in [0.717, 1.165) is 5.56 Å². The quantitative estimate of drug-likeness (QED) is 0.672. The summed E-state index contributed by atoms with van der Waals surface area (Å²) in [4.78, 5) is 9.01. The molecule has 6 heteroatoms. The predicted molar refractivity (Wildman–Crippen MR) is 106 cm³/mol. The van der Waals surface area contributed by atoms with Gasteiger partial charge in [-0.25, -0.2) is 4.98 Å². The first kappa shape index (κ1) is 18.5. The fourth-order valence-corrected chi connectivity index (χ4v) is 2.90. The van der Waals surface area contributed by atoms with Gasteiger partial charge in [-0.2, -0.15) is 0 Å². The van der Waals surface area contributed by atoms with Gasteiger partial charge in [-0.1, -0.05) is 30.3 Å². The molecule has 0 aliphatic carbocycles. The van der Waals surface area contributed by atoms with Crippen molar-refractivity contribution in [1.82, 2.24) is 9.97 Å². The van der Waals surface area contributed by atoms with Gasteiger partial charge in [0.1, 0.15) is 5.69 Å². The molecule has 6 nitrogen and oxygen atoms in total. The summed E-state index contributed by atoms with van der Waals surface area (Å²) in [5.41, 5.74) is 2.69. The Morgan fingerprint density at radius 3 is 2.07 bits per heavy atom. The van der Waals surface area contributed by atoms with E-state index in [0.29, 0.717) is 28.8 Å². The molecule has 0 fully saturated rings. The molecule has 1 aromatic heterocycles. The molecular formula is C21H23N3O3. The van der Waals surface area contributed by atoms with Gasteiger partial charge in [-0.05, 0) is 24.6 Å². The number of benzene rings is 2. The molecule has 1 atom stereocenters. The molecular weight excluding hydrogens is 342 g/mol. The van der Waals surface area contributed by atoms with Crippen LogP contribution in [0.2, 0.25) is 0 Å². The molecule has 0 saturated carbocycles. The van der Waals surface area contributed by atoms with Crippen molar-refractivity contribution in [2.75, 3.05) is 26.6 Å². The van der Waals surface area contributed by atoms with Gasteiger partial charge in [0.2, 0.25) is 5.75 Å². The first-order valence-electron chi connectivity index (χ1n) is 8.60. The maximum Gasteiger partial charge on any atom is 0.203 e. The Kier molecular flexibility index (Phi) is 5.76. The van der Waals surface area contributed by atoms with Gasteiger partial charge in [-0.3, -0.25) is 4.98 Å². The fraction of sp³-hybridized carbons (Fsp3) is 0.238. The Labute approximate surface area is 159 Å². The van der Waals surface area contributed by atoms with Crippen LogP contribution in [0.15, 0.2) is 54.9 Å². The maximum atomic E-state index is 5.46. The van der Waals surface area contributed by atoms with Crippen molar-refractivity contribution in [2.24, 2.45) is 0 Å². The molecule has 27 heavy (non-hydrogen) atoms. The monoisotopic (exact) mass is 365 g/mol. The normalized spacial score (nSPS) is 11.6. The summed E-state index contributed by atoms with van der Waals surface area (Å²) >= 11 is 0. The van der Waals surface area contributed by atoms with E-state index in [9.17, 15) is 0 Å². The molecule has 1 N–H and O–H groups in total. The van der Waals surface area contributed by atoms with Gasteiger partial charge in [0, 0.05) is 18.0 Å². The molecule has 0 bridgehead atoms. The number of hydrogen-bond acceptors (Lipinski definition) is 6. The van der Waals surface area contributed by atoms with E-state index in [1.54, 1.807) is 33.7 Å². The van der Waals surface area contributed by atoms with Crippen molar-refractivity contribution in [3.8, 4) is 28.5 Å². The zero-order chi connectivity index (χ0) is 19.2. The highest BCUT2D eigenvalue weighted by Crippen LogP contribution is 2.42. The topological polar surface area (TPSA) is 65.5 Å². The summed E-state index contributed by atoms with van der Waals surface area (Å²) < 4.78 is 16.3. The molecule has 0 saturated heterocycles. The van der Waals surface area contributed by atoms with Crippen LogP contribution >= 0.6 is 0 Å². The van der Waals surface area contributed by atoms with E-state index in [2.05, 4.69) is 34.3 Å². The van der Waals surface area contributed by atoms with Crippen LogP contribution in [0.25, 0.3) is 11.3 Å². The first-order valence-corrected chi connectivity index (χ1v) is 8.60. The minimum Gasteiger partial charge on any atom is -0.493 e. The lowest BCUT2D eigenvalue weighted by molar-refractivity contribution is 0.324. The number of aromatic nitrogens is 2. The fourth-order valence-electron chi connectivity index (χ4n) is 2.90. The number of rotatable bonds is 7. The minimum atomic E-state index is 0.0729. The third-order valence-corrected chi connectivity index (χ3v) is 4.29. The van der Waals surface area contributed by atoms with E-state index in [1.807, 2.05) is 30.3 Å². The highest BCUT2D eigenvalue weighted by Gasteiger charge is 2.18. The molecule has 0 unspecified atom stereocenters. The van der Waals surface area contributed by atoms with E-state index < -0.39 is 0 Å². The Morgan fingerprint density at radius 1 is 0.852 bits per heavy atom. The van der Waals surface area contributed by atoms with Crippen molar-refractivity contribution >= 4 is 5.82 Å². The summed E-state index contributed by atoms with van der Waals surface area (Å²) in [5, 5.41) is 3.44. The number of nitrogens with zero attached hydrogens (tertiary/aromatic N) is 2. The lowest BCUT2D eigenvalue weighted by Gasteiger charge is -2.18. The lowest BCUT2D eigenvalue weighted by Crippen LogP contribution is -2.09. The number of ether oxygens (including phenoxy) is 3. The van der Waals surface area contributed by atoms with Crippen molar-refractivity contribution in [2.45, 2.75) is 13.0 Å². The van der Waals surface area contributed by atoms with Crippen LogP contribution in [-0.4, -0.2) is 31.3 Å². The number of methoxy groups -OCH3 is 3. The van der Waals surface area contributed by atoms with Gasteiger partial charge in [0.15, 0.2) is 17.3 Å². The van der Waals surface area contributed by atoms with E-state index in [4.69, 9.17) is 14.2 Å². The predicted octanol–water partition coefficient (Wildman–Crippen LogP) is 4.34. The second-order valence-corrected chi connectivity index (χ2v) is 5.94. The molecule has 0 radical (unpaired) electrons. The third-order valence-electron chi connectivity index (χ3n) is 4.29. The van der Waals surface area contributed by atoms with Crippen LogP contribution in [-0.2, 0) is 0 Å². The highest BCUT2D eigenvalue weighted by atomic mass is 16.5. The van der Waals surface area contributed by atoms with Crippen LogP contribution < -0.4 is 19.5 Å². The molecule has 1 heterocycles. The SMILES string of the molecule is COc1cc(-c2nccnc2N[C@H](C)c2ccccc2)cc(OC)c1OC. The van der Waals surface area contributed by atoms with E-state index >= 15 is 0 Å². The Bertz CT molecular complexity index is 875. The number of anilines is 1. The second-order valence-electron chi connectivity index (χ2n) is 5.94. The molecule has 0 amide bonds. The smallest absolute Gasteiger partial charge is 0.203 e. The van der Waals surface area contributed by atoms with Crippen molar-refractivity contribution in [1.29, 1.82) is 0 Å². The van der Waals surface area contributed by atoms with Gasteiger partial charge < -0.3 is 19.5 Å². The lowest BCUT2D eigenvalue weighted by atomic mass is 10.1. The van der Waals surface area contributed by atoms with Crippen molar-refractivity contribution in [3.63, 3.8) is 0 Å². The van der Waals surface area contributed by atoms with Crippen LogP contribution in [0.3, 0.4) is 0 Å². The minimum absolute atomic E-state index is 0.0729. The van der Waals surface area contributed by atoms with Crippen molar-refractivity contribution < 1.29 is 14.2 Å². The van der Waals surface area contributed by atoms with Crippen LogP contribution in [0.4, 0.5) is 5.82 Å². The number of hydrogen-bond donors (Lipinski definition) is 1. The van der Waals surface area contributed by atoms with Gasteiger partial charge in [0.25, 0.3) is 0 Å². The van der Waals surface area contributed by atoms with Gasteiger partial charge in [0.05, 0.1) is 27.4 Å². The summed E-state index contributed by atoms with van der Waals surface area (Å²) in [6.07, 6.45) is 3.33. The Morgan fingerprint density at radius 2 is 1.48 bits per heavy atom. The zero-order valence-electron chi connectivity index (χ0n) is 15.9. The molecule has 0 spiro atoms. The van der Waals surface area contributed by atoms with E-state index in [-0.39, 0.29) is 6.04 Å². The summed E-state index contributed by atoms with van der Waals surface area (Å²) in [5.74, 6) is 2.36. The van der Waals surface area contributed by atoms with Gasteiger partial charge in [-0.15, -0.1) is 0 Å². The second kappa shape index (κ2) is 8.40. The maximum absolute atomic E-state index is 5.46. The van der Waals surface area contributed by atoms with Crippen molar-refractivity contribution in [3.05, 3.63) is 60.4 Å². The first-order chi connectivity index (χ1) is 13.2. The molecule has 3 aromatic rings.